The first-order chi connectivity index (χ1) is 10.5. The summed E-state index contributed by atoms with van der Waals surface area (Å²) in [5, 5.41) is 6.16. The van der Waals surface area contributed by atoms with Crippen LogP contribution in [0.4, 0.5) is 0 Å². The van der Waals surface area contributed by atoms with Crippen molar-refractivity contribution in [2.24, 2.45) is 0 Å². The second-order valence-electron chi connectivity index (χ2n) is 6.38. The monoisotopic (exact) mass is 380 g/mol. The van der Waals surface area contributed by atoms with E-state index in [1.54, 1.807) is 6.08 Å². The largest absolute Gasteiger partial charge is 0.352 e. The van der Waals surface area contributed by atoms with Crippen LogP contribution in [0.15, 0.2) is 12.7 Å². The minimum absolute atomic E-state index is 0. The topological polar surface area (TPSA) is 64.7 Å². The predicted octanol–water partition coefficient (Wildman–Crippen LogP) is 0.809. The lowest BCUT2D eigenvalue weighted by atomic mass is 9.89. The van der Waals surface area contributed by atoms with Gasteiger partial charge in [0.05, 0.1) is 12.1 Å². The smallest absolute Gasteiger partial charge is 0.242 e. The molecule has 6 nitrogen and oxygen atoms in total. The van der Waals surface area contributed by atoms with Gasteiger partial charge in [0.1, 0.15) is 0 Å². The van der Waals surface area contributed by atoms with E-state index in [0.29, 0.717) is 26.2 Å². The van der Waals surface area contributed by atoms with Crippen molar-refractivity contribution in [3.8, 4) is 0 Å². The molecule has 2 rings (SSSR count). The van der Waals surface area contributed by atoms with Crippen LogP contribution in [0.1, 0.15) is 26.2 Å². The predicted molar refractivity (Wildman–Crippen MR) is 101 cm³/mol. The first-order valence-electron chi connectivity index (χ1n) is 8.19. The number of piperidine rings is 1. The van der Waals surface area contributed by atoms with E-state index >= 15 is 0 Å². The zero-order chi connectivity index (χ0) is 16.0. The summed E-state index contributed by atoms with van der Waals surface area (Å²) >= 11 is 0. The Kier molecular flexibility index (Phi) is 10.6. The van der Waals surface area contributed by atoms with E-state index in [-0.39, 0.29) is 36.6 Å². The van der Waals surface area contributed by atoms with Gasteiger partial charge >= 0.3 is 0 Å². The summed E-state index contributed by atoms with van der Waals surface area (Å²) in [7, 11) is 0. The molecule has 0 radical (unpaired) electrons. The minimum Gasteiger partial charge on any atom is -0.352 e. The molecule has 0 bridgehead atoms. The SMILES string of the molecule is C=CCNC(=O)CN1CCN(C(=O)C2(C)CCCCN2)CC1.Cl.Cl. The van der Waals surface area contributed by atoms with Crippen molar-refractivity contribution in [2.45, 2.75) is 31.7 Å². The van der Waals surface area contributed by atoms with Gasteiger partial charge in [-0.1, -0.05) is 6.08 Å². The zero-order valence-electron chi connectivity index (χ0n) is 14.4. The van der Waals surface area contributed by atoms with Gasteiger partial charge in [0.2, 0.25) is 11.8 Å². The van der Waals surface area contributed by atoms with Crippen LogP contribution in [0, 0.1) is 0 Å². The van der Waals surface area contributed by atoms with E-state index < -0.39 is 5.54 Å². The third kappa shape index (κ3) is 6.24. The number of rotatable bonds is 5. The van der Waals surface area contributed by atoms with Crippen LogP contribution in [-0.2, 0) is 9.59 Å². The zero-order valence-corrected chi connectivity index (χ0v) is 16.0. The maximum absolute atomic E-state index is 12.7. The summed E-state index contributed by atoms with van der Waals surface area (Å²) < 4.78 is 0. The lowest BCUT2D eigenvalue weighted by Crippen LogP contribution is -2.61. The third-order valence-electron chi connectivity index (χ3n) is 4.56. The Labute approximate surface area is 157 Å². The second-order valence-corrected chi connectivity index (χ2v) is 6.38. The lowest BCUT2D eigenvalue weighted by Gasteiger charge is -2.41. The van der Waals surface area contributed by atoms with E-state index in [4.69, 9.17) is 0 Å². The van der Waals surface area contributed by atoms with Crippen molar-refractivity contribution in [2.75, 3.05) is 45.8 Å². The molecular weight excluding hydrogens is 351 g/mol. The van der Waals surface area contributed by atoms with Crippen molar-refractivity contribution in [3.63, 3.8) is 0 Å². The van der Waals surface area contributed by atoms with E-state index in [2.05, 4.69) is 22.1 Å². The molecule has 1 unspecified atom stereocenters. The first kappa shape index (κ1) is 23.2. The van der Waals surface area contributed by atoms with Crippen LogP contribution in [0.3, 0.4) is 0 Å². The van der Waals surface area contributed by atoms with Gasteiger partial charge in [0.15, 0.2) is 0 Å². The fourth-order valence-electron chi connectivity index (χ4n) is 3.14. The van der Waals surface area contributed by atoms with Crippen molar-refractivity contribution < 1.29 is 9.59 Å². The van der Waals surface area contributed by atoms with Gasteiger partial charge in [-0.25, -0.2) is 0 Å². The van der Waals surface area contributed by atoms with Crippen molar-refractivity contribution in [1.29, 1.82) is 0 Å². The molecule has 24 heavy (non-hydrogen) atoms. The number of halogens is 2. The van der Waals surface area contributed by atoms with Crippen LogP contribution in [0.25, 0.3) is 0 Å². The van der Waals surface area contributed by atoms with E-state index in [1.165, 1.54) is 0 Å². The van der Waals surface area contributed by atoms with Crippen molar-refractivity contribution in [1.82, 2.24) is 20.4 Å². The van der Waals surface area contributed by atoms with Crippen molar-refractivity contribution >= 4 is 36.6 Å². The quantitative estimate of drug-likeness (QED) is 0.692. The standard InChI is InChI=1S/C16H28N4O2.2ClH/c1-3-7-17-14(21)13-19-9-11-20(12-10-19)15(22)16(2)6-4-5-8-18-16;;/h3,18H,1,4-13H2,2H3,(H,17,21);2*1H. The Balaban J connectivity index is 0.00000264. The molecule has 2 aliphatic heterocycles. The minimum atomic E-state index is -0.401. The number of carbonyl (C=O) groups excluding carboxylic acids is 2. The highest BCUT2D eigenvalue weighted by Crippen LogP contribution is 2.22. The number of carbonyl (C=O) groups is 2. The fourth-order valence-corrected chi connectivity index (χ4v) is 3.14. The molecule has 8 heteroatoms. The first-order valence-corrected chi connectivity index (χ1v) is 8.19. The summed E-state index contributed by atoms with van der Waals surface area (Å²) in [6.45, 7) is 10.3. The van der Waals surface area contributed by atoms with Crippen LogP contribution in [0.2, 0.25) is 0 Å². The summed E-state index contributed by atoms with van der Waals surface area (Å²) in [5.41, 5.74) is -0.401. The van der Waals surface area contributed by atoms with Crippen LogP contribution >= 0.6 is 24.8 Å². The average Bonchev–Trinajstić information content (AvgIpc) is 2.53. The number of hydrogen-bond donors (Lipinski definition) is 2. The third-order valence-corrected chi connectivity index (χ3v) is 4.56. The number of hydrogen-bond acceptors (Lipinski definition) is 4. The van der Waals surface area contributed by atoms with Crippen molar-refractivity contribution in [3.05, 3.63) is 12.7 Å². The summed E-state index contributed by atoms with van der Waals surface area (Å²) in [4.78, 5) is 28.4. The number of amides is 2. The Bertz CT molecular complexity index is 420. The number of nitrogens with zero attached hydrogens (tertiary/aromatic N) is 2. The average molecular weight is 381 g/mol. The molecule has 0 aliphatic carbocycles. The Hall–Kier alpha value is -0.820. The van der Waals surface area contributed by atoms with Gasteiger partial charge in [0, 0.05) is 32.7 Å². The Morgan fingerprint density at radius 3 is 2.42 bits per heavy atom. The fraction of sp³-hybridized carbons (Fsp3) is 0.750. The molecule has 2 amide bonds. The molecule has 0 saturated carbocycles. The van der Waals surface area contributed by atoms with E-state index in [0.717, 1.165) is 38.9 Å². The maximum Gasteiger partial charge on any atom is 0.242 e. The van der Waals surface area contributed by atoms with Crippen LogP contribution < -0.4 is 10.6 Å². The summed E-state index contributed by atoms with van der Waals surface area (Å²) in [6, 6.07) is 0. The van der Waals surface area contributed by atoms with Gasteiger partial charge in [-0.15, -0.1) is 31.4 Å². The molecule has 2 heterocycles. The lowest BCUT2D eigenvalue weighted by molar-refractivity contribution is -0.140. The second kappa shape index (κ2) is 10.9. The molecule has 2 N–H and O–H groups in total. The molecular formula is C16H30Cl2N4O2. The van der Waals surface area contributed by atoms with Crippen LogP contribution in [-0.4, -0.2) is 73.0 Å². The number of nitrogens with one attached hydrogen (secondary N) is 2. The molecule has 2 saturated heterocycles. The molecule has 140 valence electrons. The molecule has 2 aliphatic rings. The van der Waals surface area contributed by atoms with Gasteiger partial charge in [-0.05, 0) is 32.7 Å². The Morgan fingerprint density at radius 1 is 1.21 bits per heavy atom. The number of piperazine rings is 1. The molecule has 0 spiro atoms. The molecule has 0 aromatic carbocycles. The van der Waals surface area contributed by atoms with Gasteiger partial charge in [-0.2, -0.15) is 0 Å². The van der Waals surface area contributed by atoms with E-state index in [1.807, 2.05) is 11.8 Å². The Morgan fingerprint density at radius 2 is 1.88 bits per heavy atom. The molecule has 0 aromatic rings. The van der Waals surface area contributed by atoms with Gasteiger partial charge in [0.25, 0.3) is 0 Å². The summed E-state index contributed by atoms with van der Waals surface area (Å²) in [5.74, 6) is 0.226. The van der Waals surface area contributed by atoms with Gasteiger partial charge in [-0.3, -0.25) is 14.5 Å². The maximum atomic E-state index is 12.7. The molecule has 0 aromatic heterocycles. The van der Waals surface area contributed by atoms with Gasteiger partial charge < -0.3 is 15.5 Å². The highest BCUT2D eigenvalue weighted by molar-refractivity contribution is 5.86. The van der Waals surface area contributed by atoms with Crippen LogP contribution in [0.5, 0.6) is 0 Å². The molecule has 2 fully saturated rings. The molecule has 1 atom stereocenters. The highest BCUT2D eigenvalue weighted by atomic mass is 35.5. The van der Waals surface area contributed by atoms with E-state index in [9.17, 15) is 9.59 Å². The highest BCUT2D eigenvalue weighted by Gasteiger charge is 2.38. The summed E-state index contributed by atoms with van der Waals surface area (Å²) in [6.07, 6.45) is 4.84. The normalized spacial score (nSPS) is 24.3.